The van der Waals surface area contributed by atoms with Crippen molar-refractivity contribution in [3.63, 3.8) is 0 Å². The normalized spacial score (nSPS) is 11.7. The first kappa shape index (κ1) is 25.4. The summed E-state index contributed by atoms with van der Waals surface area (Å²) < 4.78 is 42.6. The maximum atomic E-state index is 12.4. The van der Waals surface area contributed by atoms with Crippen LogP contribution in [-0.2, 0) is 24.0 Å². The standard InChI is InChI=1S/C22H16F3N3O6S/c23-22(24,25)20(32)27-21-26-15(12-35-21)17(19(30)31)28-33-11-16(29)34-18(13-7-3-1-4-8-13)14-9-5-2-6-10-14/h1-10,12,18H,11H2,(H,30,31)(H,26,27,32). The lowest BCUT2D eigenvalue weighted by atomic mass is 10.0. The summed E-state index contributed by atoms with van der Waals surface area (Å²) >= 11 is 0.549. The second-order valence-corrected chi connectivity index (χ2v) is 7.56. The summed E-state index contributed by atoms with van der Waals surface area (Å²) in [6, 6.07) is 17.8. The van der Waals surface area contributed by atoms with Crippen molar-refractivity contribution in [1.82, 2.24) is 4.98 Å². The number of hydrogen-bond donors (Lipinski definition) is 2. The first-order chi connectivity index (χ1) is 16.6. The number of benzene rings is 2. The molecule has 0 unspecified atom stereocenters. The predicted octanol–water partition coefficient (Wildman–Crippen LogP) is 3.78. The van der Waals surface area contributed by atoms with Gasteiger partial charge in [-0.1, -0.05) is 65.8 Å². The van der Waals surface area contributed by atoms with E-state index in [9.17, 15) is 32.7 Å². The van der Waals surface area contributed by atoms with Gasteiger partial charge >= 0.3 is 24.0 Å². The molecule has 1 aromatic heterocycles. The first-order valence-electron chi connectivity index (χ1n) is 9.72. The molecule has 3 aromatic rings. The zero-order chi connectivity index (χ0) is 25.4. The van der Waals surface area contributed by atoms with Crippen molar-refractivity contribution < 1.29 is 42.2 Å². The third kappa shape index (κ3) is 7.11. The van der Waals surface area contributed by atoms with E-state index >= 15 is 0 Å². The SMILES string of the molecule is O=C(CON=C(C(=O)O)c1csc(NC(=O)C(F)(F)F)n1)OC(c1ccccc1)c1ccccc1. The number of carbonyl (C=O) groups excluding carboxylic acids is 2. The van der Waals surface area contributed by atoms with Crippen LogP contribution >= 0.6 is 11.3 Å². The van der Waals surface area contributed by atoms with E-state index in [2.05, 4.69) is 10.1 Å². The molecule has 3 rings (SSSR count). The number of anilines is 1. The van der Waals surface area contributed by atoms with Crippen molar-refractivity contribution in [2.75, 3.05) is 11.9 Å². The van der Waals surface area contributed by atoms with Gasteiger partial charge in [-0.05, 0) is 11.1 Å². The van der Waals surface area contributed by atoms with E-state index < -0.39 is 47.6 Å². The maximum absolute atomic E-state index is 12.4. The molecule has 0 bridgehead atoms. The van der Waals surface area contributed by atoms with Crippen molar-refractivity contribution in [2.45, 2.75) is 12.3 Å². The lowest BCUT2D eigenvalue weighted by molar-refractivity contribution is -0.167. The fourth-order valence-electron chi connectivity index (χ4n) is 2.70. The van der Waals surface area contributed by atoms with Gasteiger partial charge < -0.3 is 14.7 Å². The molecule has 2 aromatic carbocycles. The van der Waals surface area contributed by atoms with Crippen LogP contribution in [0, 0.1) is 0 Å². The number of aromatic nitrogens is 1. The van der Waals surface area contributed by atoms with Crippen molar-refractivity contribution in [3.8, 4) is 0 Å². The lowest BCUT2D eigenvalue weighted by Gasteiger charge is -2.18. The fourth-order valence-corrected chi connectivity index (χ4v) is 3.39. The summed E-state index contributed by atoms with van der Waals surface area (Å²) in [6.45, 7) is -0.755. The molecule has 0 saturated carbocycles. The molecule has 0 aliphatic carbocycles. The Morgan fingerprint density at radius 2 is 1.60 bits per heavy atom. The number of rotatable bonds is 9. The van der Waals surface area contributed by atoms with Crippen LogP contribution in [0.25, 0.3) is 0 Å². The van der Waals surface area contributed by atoms with Crippen LogP contribution in [-0.4, -0.2) is 46.4 Å². The van der Waals surface area contributed by atoms with Crippen LogP contribution in [0.5, 0.6) is 0 Å². The van der Waals surface area contributed by atoms with E-state index in [0.29, 0.717) is 22.5 Å². The summed E-state index contributed by atoms with van der Waals surface area (Å²) in [5.41, 5.74) is 0.222. The minimum absolute atomic E-state index is 0.375. The van der Waals surface area contributed by atoms with E-state index in [1.165, 1.54) is 5.32 Å². The van der Waals surface area contributed by atoms with Crippen LogP contribution in [0.3, 0.4) is 0 Å². The van der Waals surface area contributed by atoms with E-state index in [1.54, 1.807) is 60.7 Å². The Morgan fingerprint density at radius 3 is 2.11 bits per heavy atom. The highest BCUT2D eigenvalue weighted by atomic mass is 32.1. The van der Waals surface area contributed by atoms with E-state index in [-0.39, 0.29) is 5.69 Å². The summed E-state index contributed by atoms with van der Waals surface area (Å²) in [5, 5.41) is 14.7. The fraction of sp³-hybridized carbons (Fsp3) is 0.136. The van der Waals surface area contributed by atoms with Crippen LogP contribution in [0.4, 0.5) is 18.3 Å². The Balaban J connectivity index is 1.67. The number of carbonyl (C=O) groups is 3. The minimum atomic E-state index is -5.14. The second kappa shape index (κ2) is 11.2. The molecule has 0 fully saturated rings. The number of nitrogens with zero attached hydrogens (tertiary/aromatic N) is 2. The smallest absolute Gasteiger partial charge is 0.471 e. The number of aliphatic carboxylic acids is 1. The number of ether oxygens (including phenoxy) is 1. The topological polar surface area (TPSA) is 127 Å². The Labute approximate surface area is 199 Å². The van der Waals surface area contributed by atoms with Crippen LogP contribution < -0.4 is 5.32 Å². The van der Waals surface area contributed by atoms with Crippen LogP contribution in [0.1, 0.15) is 22.9 Å². The Kier molecular flexibility index (Phi) is 8.15. The largest absolute Gasteiger partial charge is 0.476 e. The van der Waals surface area contributed by atoms with Gasteiger partial charge in [0.2, 0.25) is 12.3 Å². The molecular formula is C22H16F3N3O6S. The van der Waals surface area contributed by atoms with Gasteiger partial charge in [-0.15, -0.1) is 11.3 Å². The molecule has 13 heteroatoms. The van der Waals surface area contributed by atoms with Gasteiger partial charge in [0, 0.05) is 5.38 Å². The van der Waals surface area contributed by atoms with E-state index in [1.807, 2.05) is 0 Å². The van der Waals surface area contributed by atoms with Crippen molar-refractivity contribution in [1.29, 1.82) is 0 Å². The number of carboxylic acid groups (broad SMARTS) is 1. The molecule has 0 atom stereocenters. The summed E-state index contributed by atoms with van der Waals surface area (Å²) in [7, 11) is 0. The average Bonchev–Trinajstić information content (AvgIpc) is 3.28. The van der Waals surface area contributed by atoms with Gasteiger partial charge in [-0.3, -0.25) is 10.1 Å². The molecule has 2 N–H and O–H groups in total. The number of carboxylic acids is 1. The van der Waals surface area contributed by atoms with Crippen molar-refractivity contribution in [3.05, 3.63) is 82.9 Å². The summed E-state index contributed by atoms with van der Waals surface area (Å²) in [4.78, 5) is 43.3. The number of amides is 1. The highest BCUT2D eigenvalue weighted by Gasteiger charge is 2.39. The van der Waals surface area contributed by atoms with Crippen molar-refractivity contribution in [2.24, 2.45) is 5.16 Å². The third-order valence-corrected chi connectivity index (χ3v) is 4.98. The summed E-state index contributed by atoms with van der Waals surface area (Å²) in [6.07, 6.45) is -5.90. The molecule has 0 spiro atoms. The highest BCUT2D eigenvalue weighted by Crippen LogP contribution is 2.26. The molecule has 1 amide bonds. The molecule has 0 aliphatic rings. The van der Waals surface area contributed by atoms with Crippen molar-refractivity contribution >= 4 is 40.0 Å². The van der Waals surface area contributed by atoms with Gasteiger partial charge in [0.05, 0.1) is 0 Å². The molecule has 182 valence electrons. The predicted molar refractivity (Wildman–Crippen MR) is 118 cm³/mol. The van der Waals surface area contributed by atoms with Gasteiger partial charge in [-0.25, -0.2) is 14.6 Å². The van der Waals surface area contributed by atoms with Crippen LogP contribution in [0.2, 0.25) is 0 Å². The molecule has 35 heavy (non-hydrogen) atoms. The minimum Gasteiger partial charge on any atom is -0.476 e. The van der Waals surface area contributed by atoms with E-state index in [0.717, 1.165) is 5.38 Å². The monoisotopic (exact) mass is 507 g/mol. The number of oxime groups is 1. The second-order valence-electron chi connectivity index (χ2n) is 6.70. The number of hydrogen-bond acceptors (Lipinski definition) is 8. The summed E-state index contributed by atoms with van der Waals surface area (Å²) in [5.74, 6) is -4.74. The Hall–Kier alpha value is -4.26. The highest BCUT2D eigenvalue weighted by molar-refractivity contribution is 7.14. The van der Waals surface area contributed by atoms with Gasteiger partial charge in [0.15, 0.2) is 11.2 Å². The number of alkyl halides is 3. The quantitative estimate of drug-likeness (QED) is 0.256. The number of halogens is 3. The van der Waals surface area contributed by atoms with Crippen LogP contribution in [0.15, 0.2) is 71.2 Å². The maximum Gasteiger partial charge on any atom is 0.471 e. The molecule has 0 saturated heterocycles. The molecule has 0 radical (unpaired) electrons. The average molecular weight is 507 g/mol. The molecule has 9 nitrogen and oxygen atoms in total. The zero-order valence-electron chi connectivity index (χ0n) is 17.6. The Bertz CT molecular complexity index is 1180. The molecule has 0 aliphatic heterocycles. The van der Waals surface area contributed by atoms with E-state index in [4.69, 9.17) is 9.57 Å². The number of thiazole rings is 1. The third-order valence-electron chi connectivity index (χ3n) is 4.22. The van der Waals surface area contributed by atoms with Gasteiger partial charge in [0.25, 0.3) is 0 Å². The van der Waals surface area contributed by atoms with Gasteiger partial charge in [-0.2, -0.15) is 13.2 Å². The molecular weight excluding hydrogens is 491 g/mol. The first-order valence-corrected chi connectivity index (χ1v) is 10.6. The molecule has 1 heterocycles. The zero-order valence-corrected chi connectivity index (χ0v) is 18.4. The Morgan fingerprint density at radius 1 is 1.03 bits per heavy atom. The number of esters is 1. The lowest BCUT2D eigenvalue weighted by Crippen LogP contribution is -2.29. The number of nitrogens with one attached hydrogen (secondary N) is 1. The van der Waals surface area contributed by atoms with Gasteiger partial charge in [0.1, 0.15) is 5.69 Å².